The highest BCUT2D eigenvalue weighted by molar-refractivity contribution is 7.97. The smallest absolute Gasteiger partial charge is 0.156 e. The average Bonchev–Trinajstić information content (AvgIpc) is 2.26. The Labute approximate surface area is 140 Å². The van der Waals surface area contributed by atoms with Crippen molar-refractivity contribution in [2.45, 2.75) is 5.25 Å². The molecule has 0 rings (SSSR count). The number of rotatable bonds is 11. The fraction of sp³-hybridized carbons (Fsp3) is 1.00. The summed E-state index contributed by atoms with van der Waals surface area (Å²) in [4.78, 5) is 0. The predicted molar refractivity (Wildman–Crippen MR) is 87.0 cm³/mol. The molecule has 128 valence electrons. The minimum atomic E-state index is -3.95. The maximum Gasteiger partial charge on any atom is 0.156 e. The molecule has 0 spiro atoms. The van der Waals surface area contributed by atoms with Gasteiger partial charge in [-0.05, 0) is 0 Å². The van der Waals surface area contributed by atoms with Gasteiger partial charge in [-0.1, -0.05) is 0 Å². The highest BCUT2D eigenvalue weighted by Crippen LogP contribution is 2.12. The Morgan fingerprint density at radius 3 is 1.24 bits per heavy atom. The molecule has 0 amide bonds. The third-order valence-corrected chi connectivity index (χ3v) is 9.78. The van der Waals surface area contributed by atoms with Gasteiger partial charge in [-0.15, -0.1) is 34.8 Å². The Kier molecular flexibility index (Phi) is 9.44. The van der Waals surface area contributed by atoms with E-state index >= 15 is 0 Å². The van der Waals surface area contributed by atoms with Gasteiger partial charge in [0.15, 0.2) is 29.5 Å². The normalized spacial score (nSPS) is 13.7. The van der Waals surface area contributed by atoms with Gasteiger partial charge >= 0.3 is 0 Å². The van der Waals surface area contributed by atoms with E-state index in [1.807, 2.05) is 0 Å². The molecule has 0 bridgehead atoms. The van der Waals surface area contributed by atoms with E-state index in [1.54, 1.807) is 0 Å². The zero-order valence-corrected chi connectivity index (χ0v) is 15.8. The fourth-order valence-corrected chi connectivity index (χ4v) is 9.33. The van der Waals surface area contributed by atoms with Gasteiger partial charge in [-0.3, -0.25) is 0 Å². The Morgan fingerprint density at radius 2 is 0.952 bits per heavy atom. The van der Waals surface area contributed by atoms with Crippen LogP contribution in [0.1, 0.15) is 0 Å². The molecule has 0 aliphatic carbocycles. The number of halogens is 3. The van der Waals surface area contributed by atoms with Crippen molar-refractivity contribution in [3.8, 4) is 0 Å². The molecule has 12 heteroatoms. The van der Waals surface area contributed by atoms with Crippen molar-refractivity contribution in [3.05, 3.63) is 0 Å². The maximum atomic E-state index is 12.0. The average molecular weight is 424 g/mol. The lowest BCUT2D eigenvalue weighted by Crippen LogP contribution is -2.39. The molecule has 0 aromatic carbocycles. The van der Waals surface area contributed by atoms with Crippen LogP contribution in [0.15, 0.2) is 0 Å². The molecular formula is C9H17Cl3O6S3. The Morgan fingerprint density at radius 1 is 0.619 bits per heavy atom. The van der Waals surface area contributed by atoms with Gasteiger partial charge in [0.05, 0.1) is 34.0 Å². The van der Waals surface area contributed by atoms with E-state index in [0.29, 0.717) is 0 Å². The van der Waals surface area contributed by atoms with Gasteiger partial charge < -0.3 is 0 Å². The topological polar surface area (TPSA) is 102 Å². The number of sulfone groups is 3. The van der Waals surface area contributed by atoms with Gasteiger partial charge in [0, 0.05) is 17.6 Å². The van der Waals surface area contributed by atoms with E-state index in [-0.39, 0.29) is 17.6 Å². The standard InChI is InChI=1S/C9H17Cl3O6S3/c10-1-4-19(13,14)7-9(21(17,18)6-3-12)8-20(15,16)5-2-11/h9H,1-8H2. The summed E-state index contributed by atoms with van der Waals surface area (Å²) >= 11 is 16.1. The van der Waals surface area contributed by atoms with E-state index in [0.717, 1.165) is 0 Å². The van der Waals surface area contributed by atoms with Crippen LogP contribution in [-0.4, -0.2) is 76.9 Å². The molecule has 0 saturated heterocycles. The fourth-order valence-electron chi connectivity index (χ4n) is 1.50. The van der Waals surface area contributed by atoms with Crippen LogP contribution in [0.25, 0.3) is 0 Å². The van der Waals surface area contributed by atoms with E-state index in [2.05, 4.69) is 0 Å². The lowest BCUT2D eigenvalue weighted by atomic mass is 10.5. The molecule has 0 fully saturated rings. The van der Waals surface area contributed by atoms with Crippen LogP contribution in [0.3, 0.4) is 0 Å². The number of alkyl halides is 3. The van der Waals surface area contributed by atoms with Crippen molar-refractivity contribution in [1.29, 1.82) is 0 Å². The molecule has 0 heterocycles. The monoisotopic (exact) mass is 422 g/mol. The first kappa shape index (κ1) is 21.7. The van der Waals surface area contributed by atoms with Crippen LogP contribution in [0.5, 0.6) is 0 Å². The SMILES string of the molecule is O=S(=O)(CCCl)CC(CS(=O)(=O)CCCl)S(=O)(=O)CCCl. The largest absolute Gasteiger partial charge is 0.229 e. The molecule has 21 heavy (non-hydrogen) atoms. The molecule has 0 atom stereocenters. The third-order valence-electron chi connectivity index (χ3n) is 2.53. The van der Waals surface area contributed by atoms with Crippen LogP contribution in [-0.2, 0) is 29.5 Å². The Hall–Kier alpha value is 0.720. The molecule has 0 aliphatic heterocycles. The lowest BCUT2D eigenvalue weighted by Gasteiger charge is -2.17. The van der Waals surface area contributed by atoms with Gasteiger partial charge in [-0.25, -0.2) is 25.3 Å². The summed E-state index contributed by atoms with van der Waals surface area (Å²) in [5, 5.41) is -1.56. The summed E-state index contributed by atoms with van der Waals surface area (Å²) in [6, 6.07) is 0. The molecule has 0 N–H and O–H groups in total. The summed E-state index contributed by atoms with van der Waals surface area (Å²) in [6.45, 7) is 0. The molecule has 0 aromatic heterocycles. The Bertz CT molecular complexity index is 573. The molecule has 0 radical (unpaired) electrons. The zero-order chi connectivity index (χ0) is 16.7. The molecule has 0 aliphatic rings. The van der Waals surface area contributed by atoms with Crippen molar-refractivity contribution in [2.75, 3.05) is 46.4 Å². The second-order valence-corrected chi connectivity index (χ2v) is 12.3. The van der Waals surface area contributed by atoms with Crippen molar-refractivity contribution in [2.24, 2.45) is 0 Å². The Balaban J connectivity index is 5.41. The second-order valence-electron chi connectivity index (χ2n) is 4.28. The minimum Gasteiger partial charge on any atom is -0.229 e. The lowest BCUT2D eigenvalue weighted by molar-refractivity contribution is 0.572. The number of hydrogen-bond acceptors (Lipinski definition) is 6. The van der Waals surface area contributed by atoms with Crippen molar-refractivity contribution in [1.82, 2.24) is 0 Å². The summed E-state index contributed by atoms with van der Waals surface area (Å²) in [5.41, 5.74) is 0. The van der Waals surface area contributed by atoms with Crippen LogP contribution in [0.2, 0.25) is 0 Å². The van der Waals surface area contributed by atoms with E-state index in [1.165, 1.54) is 0 Å². The van der Waals surface area contributed by atoms with Crippen LogP contribution >= 0.6 is 34.8 Å². The van der Waals surface area contributed by atoms with E-state index in [4.69, 9.17) is 34.8 Å². The first-order valence-electron chi connectivity index (χ1n) is 5.80. The minimum absolute atomic E-state index is 0.195. The van der Waals surface area contributed by atoms with Crippen molar-refractivity contribution < 1.29 is 25.3 Å². The van der Waals surface area contributed by atoms with Crippen LogP contribution < -0.4 is 0 Å². The van der Waals surface area contributed by atoms with Gasteiger partial charge in [0.25, 0.3) is 0 Å². The summed E-state index contributed by atoms with van der Waals surface area (Å²) in [7, 11) is -11.5. The molecule has 0 saturated carbocycles. The van der Waals surface area contributed by atoms with Gasteiger partial charge in [0.2, 0.25) is 0 Å². The van der Waals surface area contributed by atoms with Gasteiger partial charge in [0.1, 0.15) is 0 Å². The van der Waals surface area contributed by atoms with E-state index < -0.39 is 63.5 Å². The first-order valence-corrected chi connectivity index (χ1v) is 12.8. The van der Waals surface area contributed by atoms with Crippen LogP contribution in [0, 0.1) is 0 Å². The summed E-state index contributed by atoms with van der Waals surface area (Å²) in [5.74, 6) is -3.55. The van der Waals surface area contributed by atoms with E-state index in [9.17, 15) is 25.3 Å². The second kappa shape index (κ2) is 9.12. The quantitative estimate of drug-likeness (QED) is 0.443. The van der Waals surface area contributed by atoms with Crippen molar-refractivity contribution in [3.63, 3.8) is 0 Å². The summed E-state index contributed by atoms with van der Waals surface area (Å²) in [6.07, 6.45) is 0. The maximum absolute atomic E-state index is 12.0. The summed E-state index contributed by atoms with van der Waals surface area (Å²) < 4.78 is 71.0. The molecular weight excluding hydrogens is 407 g/mol. The van der Waals surface area contributed by atoms with Gasteiger partial charge in [-0.2, -0.15) is 0 Å². The highest BCUT2D eigenvalue weighted by atomic mass is 35.5. The molecule has 6 nitrogen and oxygen atoms in total. The molecule has 0 unspecified atom stereocenters. The predicted octanol–water partition coefficient (Wildman–Crippen LogP) is 0.316. The first-order chi connectivity index (χ1) is 9.49. The van der Waals surface area contributed by atoms with Crippen molar-refractivity contribution >= 4 is 64.3 Å². The molecule has 0 aromatic rings. The highest BCUT2D eigenvalue weighted by Gasteiger charge is 2.34. The number of hydrogen-bond donors (Lipinski definition) is 0. The van der Waals surface area contributed by atoms with Crippen LogP contribution in [0.4, 0.5) is 0 Å². The third kappa shape index (κ3) is 8.80. The zero-order valence-electron chi connectivity index (χ0n) is 11.0.